The van der Waals surface area contributed by atoms with E-state index in [1.165, 1.54) is 7.05 Å². The molecule has 0 saturated carbocycles. The molecule has 0 amide bonds. The molecule has 0 unspecified atom stereocenters. The van der Waals surface area contributed by atoms with Crippen molar-refractivity contribution in [2.24, 2.45) is 9.39 Å². The van der Waals surface area contributed by atoms with Crippen LogP contribution in [0.15, 0.2) is 9.39 Å². The molecule has 6 heteroatoms. The summed E-state index contributed by atoms with van der Waals surface area (Å²) < 4.78 is 26.0. The Morgan fingerprint density at radius 1 is 1.78 bits per heavy atom. The predicted molar refractivity (Wildman–Crippen MR) is 33.9 cm³/mol. The highest BCUT2D eigenvalue weighted by molar-refractivity contribution is 7.89. The first-order chi connectivity index (χ1) is 4.14. The number of hydrogen-bond acceptors (Lipinski definition) is 3. The summed E-state index contributed by atoms with van der Waals surface area (Å²) in [5.74, 6) is 0.273. The molecule has 0 fully saturated rings. The first kappa shape index (κ1) is 6.21. The molecule has 1 rings (SSSR count). The third kappa shape index (κ3) is 1.26. The van der Waals surface area contributed by atoms with Crippen molar-refractivity contribution in [2.75, 3.05) is 7.05 Å². The van der Waals surface area contributed by atoms with Crippen LogP contribution in [0.1, 0.15) is 0 Å². The van der Waals surface area contributed by atoms with Crippen LogP contribution in [0.3, 0.4) is 0 Å². The van der Waals surface area contributed by atoms with E-state index in [9.17, 15) is 8.42 Å². The van der Waals surface area contributed by atoms with Crippen LogP contribution in [-0.2, 0) is 10.2 Å². The van der Waals surface area contributed by atoms with Crippen molar-refractivity contribution in [3.05, 3.63) is 0 Å². The van der Waals surface area contributed by atoms with Gasteiger partial charge in [-0.25, -0.2) is 4.72 Å². The van der Waals surface area contributed by atoms with Gasteiger partial charge in [0.2, 0.25) is 0 Å². The Morgan fingerprint density at radius 3 is 2.67 bits per heavy atom. The SMILES string of the molecule is CN=C1C=NS(=O)(=O)N1. The molecule has 0 aromatic heterocycles. The molecule has 0 saturated heterocycles. The smallest absolute Gasteiger partial charge is 0.270 e. The Balaban J connectivity index is 2.97. The molecule has 1 heterocycles. The first-order valence-corrected chi connectivity index (χ1v) is 3.63. The lowest BCUT2D eigenvalue weighted by Gasteiger charge is -1.88. The molecule has 50 valence electrons. The highest BCUT2D eigenvalue weighted by Gasteiger charge is 2.14. The first-order valence-electron chi connectivity index (χ1n) is 2.19. The van der Waals surface area contributed by atoms with Crippen LogP contribution in [0.5, 0.6) is 0 Å². The van der Waals surface area contributed by atoms with E-state index in [-0.39, 0.29) is 5.84 Å². The maximum absolute atomic E-state index is 10.4. The van der Waals surface area contributed by atoms with E-state index in [4.69, 9.17) is 0 Å². The summed E-state index contributed by atoms with van der Waals surface area (Å²) in [7, 11) is -1.94. The summed E-state index contributed by atoms with van der Waals surface area (Å²) in [5.41, 5.74) is 0. The molecule has 5 nitrogen and oxygen atoms in total. The molecule has 1 N–H and O–H groups in total. The van der Waals surface area contributed by atoms with Crippen LogP contribution in [0.4, 0.5) is 0 Å². The molecule has 1 aliphatic rings. The average Bonchev–Trinajstić information content (AvgIpc) is 2.10. The third-order valence-corrected chi connectivity index (χ3v) is 1.64. The van der Waals surface area contributed by atoms with Crippen LogP contribution in [0, 0.1) is 0 Å². The van der Waals surface area contributed by atoms with Gasteiger partial charge in [-0.15, -0.1) is 4.40 Å². The summed E-state index contributed by atoms with van der Waals surface area (Å²) in [4.78, 5) is 3.56. The number of hydrogen-bond donors (Lipinski definition) is 1. The Bertz CT molecular complexity index is 263. The second-order valence-corrected chi connectivity index (χ2v) is 2.79. The van der Waals surface area contributed by atoms with Crippen molar-refractivity contribution in [3.8, 4) is 0 Å². The van der Waals surface area contributed by atoms with Gasteiger partial charge in [0, 0.05) is 7.05 Å². The zero-order chi connectivity index (χ0) is 6.91. The van der Waals surface area contributed by atoms with E-state index >= 15 is 0 Å². The van der Waals surface area contributed by atoms with E-state index in [0.29, 0.717) is 0 Å². The molecule has 0 aliphatic carbocycles. The van der Waals surface area contributed by atoms with Gasteiger partial charge < -0.3 is 0 Å². The maximum atomic E-state index is 10.4. The average molecular weight is 147 g/mol. The molecule has 0 spiro atoms. The third-order valence-electron chi connectivity index (χ3n) is 0.788. The fraction of sp³-hybridized carbons (Fsp3) is 0.333. The summed E-state index contributed by atoms with van der Waals surface area (Å²) in [6, 6.07) is 0. The maximum Gasteiger partial charge on any atom is 0.343 e. The van der Waals surface area contributed by atoms with Gasteiger partial charge in [0.05, 0.1) is 6.21 Å². The zero-order valence-electron chi connectivity index (χ0n) is 4.70. The van der Waals surface area contributed by atoms with Crippen LogP contribution in [-0.4, -0.2) is 27.5 Å². The molecule has 0 bridgehead atoms. The number of nitrogens with one attached hydrogen (secondary N) is 1. The summed E-state index contributed by atoms with van der Waals surface area (Å²) >= 11 is 0. The van der Waals surface area contributed by atoms with E-state index in [2.05, 4.69) is 14.1 Å². The van der Waals surface area contributed by atoms with Gasteiger partial charge in [-0.3, -0.25) is 4.99 Å². The molecule has 9 heavy (non-hydrogen) atoms. The fourth-order valence-corrected chi connectivity index (χ4v) is 1.11. The minimum absolute atomic E-state index is 0.273. The topological polar surface area (TPSA) is 70.9 Å². The summed E-state index contributed by atoms with van der Waals surface area (Å²) in [5, 5.41) is 0. The molecule has 0 radical (unpaired) electrons. The predicted octanol–water partition coefficient (Wildman–Crippen LogP) is -1.07. The molecular formula is C3H5N3O2S. The minimum atomic E-state index is -3.42. The van der Waals surface area contributed by atoms with Gasteiger partial charge in [0.25, 0.3) is 0 Å². The minimum Gasteiger partial charge on any atom is -0.270 e. The highest BCUT2D eigenvalue weighted by atomic mass is 32.2. The largest absolute Gasteiger partial charge is 0.343 e. The van der Waals surface area contributed by atoms with Crippen molar-refractivity contribution in [1.82, 2.24) is 4.72 Å². The van der Waals surface area contributed by atoms with Gasteiger partial charge in [-0.1, -0.05) is 0 Å². The monoisotopic (exact) mass is 147 g/mol. The van der Waals surface area contributed by atoms with Crippen LogP contribution >= 0.6 is 0 Å². The van der Waals surface area contributed by atoms with Crippen molar-refractivity contribution in [2.45, 2.75) is 0 Å². The number of aliphatic imine (C=N–C) groups is 1. The summed E-state index contributed by atoms with van der Waals surface area (Å²) in [6.45, 7) is 0. The second kappa shape index (κ2) is 1.80. The highest BCUT2D eigenvalue weighted by Crippen LogP contribution is 1.91. The van der Waals surface area contributed by atoms with E-state index < -0.39 is 10.2 Å². The number of nitrogens with zero attached hydrogens (tertiary/aromatic N) is 2. The Labute approximate surface area is 52.7 Å². The van der Waals surface area contributed by atoms with Gasteiger partial charge in [-0.05, 0) is 0 Å². The number of amidine groups is 1. The van der Waals surface area contributed by atoms with Gasteiger partial charge in [-0.2, -0.15) is 8.42 Å². The second-order valence-electron chi connectivity index (χ2n) is 1.42. The molecule has 0 aromatic rings. The lowest BCUT2D eigenvalue weighted by molar-refractivity contribution is 0.596. The van der Waals surface area contributed by atoms with Gasteiger partial charge >= 0.3 is 10.2 Å². The zero-order valence-corrected chi connectivity index (χ0v) is 5.51. The van der Waals surface area contributed by atoms with E-state index in [0.717, 1.165) is 6.21 Å². The van der Waals surface area contributed by atoms with Crippen molar-refractivity contribution >= 4 is 22.3 Å². The van der Waals surface area contributed by atoms with E-state index in [1.807, 2.05) is 0 Å². The lowest BCUT2D eigenvalue weighted by Crippen LogP contribution is -2.22. The standard InChI is InChI=1S/C3H5N3O2S/c1-4-3-2-5-9(7,8)6-3/h2H,1H3,(H,4,6). The quantitative estimate of drug-likeness (QED) is 0.474. The molecule has 0 aromatic carbocycles. The van der Waals surface area contributed by atoms with E-state index in [1.54, 1.807) is 0 Å². The Hall–Kier alpha value is -0.910. The lowest BCUT2D eigenvalue weighted by atomic mass is 10.7. The van der Waals surface area contributed by atoms with Crippen molar-refractivity contribution < 1.29 is 8.42 Å². The molecule has 0 atom stereocenters. The Morgan fingerprint density at radius 2 is 2.44 bits per heavy atom. The van der Waals surface area contributed by atoms with Gasteiger partial charge in [0.1, 0.15) is 0 Å². The molecular weight excluding hydrogens is 142 g/mol. The Kier molecular flexibility index (Phi) is 1.24. The summed E-state index contributed by atoms with van der Waals surface area (Å²) in [6.07, 6.45) is 1.16. The fourth-order valence-electron chi connectivity index (χ4n) is 0.408. The van der Waals surface area contributed by atoms with Crippen LogP contribution < -0.4 is 4.72 Å². The van der Waals surface area contributed by atoms with Crippen molar-refractivity contribution in [3.63, 3.8) is 0 Å². The van der Waals surface area contributed by atoms with Crippen molar-refractivity contribution in [1.29, 1.82) is 0 Å². The molecule has 1 aliphatic heterocycles. The van der Waals surface area contributed by atoms with Gasteiger partial charge in [0.15, 0.2) is 5.84 Å². The normalized spacial score (nSPS) is 26.6. The van der Waals surface area contributed by atoms with Crippen LogP contribution in [0.25, 0.3) is 0 Å². The number of rotatable bonds is 0. The van der Waals surface area contributed by atoms with Crippen LogP contribution in [0.2, 0.25) is 0 Å².